The Kier molecular flexibility index (Phi) is 2.68. The van der Waals surface area contributed by atoms with Crippen molar-refractivity contribution in [3.63, 3.8) is 0 Å². The Labute approximate surface area is 111 Å². The van der Waals surface area contributed by atoms with E-state index >= 15 is 0 Å². The van der Waals surface area contributed by atoms with Crippen LogP contribution >= 0.6 is 15.9 Å². The van der Waals surface area contributed by atoms with Gasteiger partial charge in [-0.25, -0.2) is 0 Å². The van der Waals surface area contributed by atoms with Crippen LogP contribution in [0.15, 0.2) is 51.7 Å². The van der Waals surface area contributed by atoms with Crippen molar-refractivity contribution in [3.8, 4) is 0 Å². The van der Waals surface area contributed by atoms with Gasteiger partial charge in [0.1, 0.15) is 0 Å². The van der Waals surface area contributed by atoms with Gasteiger partial charge in [-0.1, -0.05) is 6.07 Å². The third-order valence-corrected chi connectivity index (χ3v) is 3.04. The maximum Gasteiger partial charge on any atom is 0.291 e. The normalized spacial score (nSPS) is 10.7. The summed E-state index contributed by atoms with van der Waals surface area (Å²) in [6.07, 6.45) is 1.86. The van der Waals surface area contributed by atoms with Crippen LogP contribution in [0.5, 0.6) is 0 Å². The first kappa shape index (κ1) is 11.1. The highest BCUT2D eigenvalue weighted by Crippen LogP contribution is 2.19. The van der Waals surface area contributed by atoms with E-state index in [1.54, 1.807) is 12.1 Å². The molecule has 2 N–H and O–H groups in total. The lowest BCUT2D eigenvalue weighted by Crippen LogP contribution is -2.10. The zero-order chi connectivity index (χ0) is 12.5. The van der Waals surface area contributed by atoms with Crippen molar-refractivity contribution in [1.29, 1.82) is 0 Å². The number of aromatic nitrogens is 1. The first-order valence-electron chi connectivity index (χ1n) is 5.36. The number of hydrogen-bond donors (Lipinski definition) is 2. The number of carbonyl (C=O) groups excluding carboxylic acids is 1. The van der Waals surface area contributed by atoms with E-state index in [1.165, 1.54) is 0 Å². The van der Waals surface area contributed by atoms with Crippen LogP contribution in [-0.2, 0) is 0 Å². The summed E-state index contributed by atoms with van der Waals surface area (Å²) in [5, 5.41) is 3.89. The molecule has 0 aliphatic carbocycles. The fourth-order valence-electron chi connectivity index (χ4n) is 1.75. The second-order valence-electron chi connectivity index (χ2n) is 3.84. The number of rotatable bonds is 2. The number of benzene rings is 1. The standard InChI is InChI=1S/C13H9BrN2O2/c14-12-4-3-11(18-12)13(17)16-9-2-1-8-5-6-15-10(8)7-9/h1-7,15H,(H,16,17). The molecule has 0 aliphatic heterocycles. The smallest absolute Gasteiger partial charge is 0.291 e. The van der Waals surface area contributed by atoms with Crippen LogP contribution in [0.1, 0.15) is 10.6 Å². The second kappa shape index (κ2) is 4.34. The number of nitrogens with one attached hydrogen (secondary N) is 2. The van der Waals surface area contributed by atoms with Gasteiger partial charge in [0.25, 0.3) is 5.91 Å². The van der Waals surface area contributed by atoms with Gasteiger partial charge in [0.15, 0.2) is 10.4 Å². The van der Waals surface area contributed by atoms with Crippen LogP contribution in [0.3, 0.4) is 0 Å². The van der Waals surface area contributed by atoms with Gasteiger partial charge >= 0.3 is 0 Å². The fourth-order valence-corrected chi connectivity index (χ4v) is 2.06. The maximum atomic E-state index is 11.9. The molecule has 1 aromatic carbocycles. The van der Waals surface area contributed by atoms with Crippen molar-refractivity contribution in [2.24, 2.45) is 0 Å². The minimum atomic E-state index is -0.272. The van der Waals surface area contributed by atoms with Crippen molar-refractivity contribution in [2.75, 3.05) is 5.32 Å². The third-order valence-electron chi connectivity index (χ3n) is 2.61. The lowest BCUT2D eigenvalue weighted by Gasteiger charge is -2.03. The van der Waals surface area contributed by atoms with Crippen LogP contribution in [0.4, 0.5) is 5.69 Å². The van der Waals surface area contributed by atoms with Crippen molar-refractivity contribution in [1.82, 2.24) is 4.98 Å². The third kappa shape index (κ3) is 2.04. The highest BCUT2D eigenvalue weighted by atomic mass is 79.9. The molecule has 2 aromatic heterocycles. The second-order valence-corrected chi connectivity index (χ2v) is 4.62. The van der Waals surface area contributed by atoms with E-state index < -0.39 is 0 Å². The topological polar surface area (TPSA) is 58.0 Å². The Morgan fingerprint density at radius 2 is 2.11 bits per heavy atom. The molecule has 0 fully saturated rings. The molecular weight excluding hydrogens is 296 g/mol. The highest BCUT2D eigenvalue weighted by molar-refractivity contribution is 9.10. The first-order chi connectivity index (χ1) is 8.72. The van der Waals surface area contributed by atoms with Gasteiger partial charge in [0.2, 0.25) is 0 Å². The Balaban J connectivity index is 1.85. The Hall–Kier alpha value is -2.01. The van der Waals surface area contributed by atoms with Crippen LogP contribution in [0, 0.1) is 0 Å². The summed E-state index contributed by atoms with van der Waals surface area (Å²) < 4.78 is 5.72. The lowest BCUT2D eigenvalue weighted by molar-refractivity contribution is 0.0995. The van der Waals surface area contributed by atoms with E-state index in [1.807, 2.05) is 30.5 Å². The van der Waals surface area contributed by atoms with Crippen LogP contribution < -0.4 is 5.32 Å². The van der Waals surface area contributed by atoms with Gasteiger partial charge in [0, 0.05) is 17.4 Å². The van der Waals surface area contributed by atoms with E-state index in [0.29, 0.717) is 4.67 Å². The summed E-state index contributed by atoms with van der Waals surface area (Å²) >= 11 is 3.16. The number of anilines is 1. The Bertz CT molecular complexity index is 714. The number of fused-ring (bicyclic) bond motifs is 1. The summed E-state index contributed by atoms with van der Waals surface area (Å²) in [5.41, 5.74) is 1.70. The van der Waals surface area contributed by atoms with Gasteiger partial charge in [-0.2, -0.15) is 0 Å². The largest absolute Gasteiger partial charge is 0.444 e. The summed E-state index contributed by atoms with van der Waals surface area (Å²) in [6, 6.07) is 11.0. The van der Waals surface area contributed by atoms with Crippen molar-refractivity contribution in [2.45, 2.75) is 0 Å². The highest BCUT2D eigenvalue weighted by Gasteiger charge is 2.10. The SMILES string of the molecule is O=C(Nc1ccc2cc[nH]c2c1)c1ccc(Br)o1. The Morgan fingerprint density at radius 1 is 1.22 bits per heavy atom. The number of furan rings is 1. The van der Waals surface area contributed by atoms with Crippen LogP contribution in [-0.4, -0.2) is 10.9 Å². The van der Waals surface area contributed by atoms with Crippen molar-refractivity contribution in [3.05, 3.63) is 53.0 Å². The summed E-state index contributed by atoms with van der Waals surface area (Å²) in [5.74, 6) is 0.0000591. The van der Waals surface area contributed by atoms with Gasteiger partial charge in [0.05, 0.1) is 0 Å². The molecule has 3 rings (SSSR count). The monoisotopic (exact) mass is 304 g/mol. The molecule has 3 aromatic rings. The molecule has 0 saturated heterocycles. The van der Waals surface area contributed by atoms with E-state index in [-0.39, 0.29) is 11.7 Å². The zero-order valence-electron chi connectivity index (χ0n) is 9.24. The summed E-state index contributed by atoms with van der Waals surface area (Å²) in [7, 11) is 0. The Morgan fingerprint density at radius 3 is 2.89 bits per heavy atom. The van der Waals surface area contributed by atoms with E-state index in [9.17, 15) is 4.79 Å². The number of aromatic amines is 1. The molecule has 5 heteroatoms. The van der Waals surface area contributed by atoms with Crippen LogP contribution in [0.2, 0.25) is 0 Å². The van der Waals surface area contributed by atoms with Gasteiger partial charge in [-0.15, -0.1) is 0 Å². The van der Waals surface area contributed by atoms with Crippen molar-refractivity contribution < 1.29 is 9.21 Å². The molecule has 0 saturated carbocycles. The van der Waals surface area contributed by atoms with E-state index in [4.69, 9.17) is 4.42 Å². The molecular formula is C13H9BrN2O2. The fraction of sp³-hybridized carbons (Fsp3) is 0. The summed E-state index contributed by atoms with van der Waals surface area (Å²) in [4.78, 5) is 15.0. The maximum absolute atomic E-state index is 11.9. The number of hydrogen-bond acceptors (Lipinski definition) is 2. The predicted molar refractivity (Wildman–Crippen MR) is 72.7 cm³/mol. The summed E-state index contributed by atoms with van der Waals surface area (Å²) in [6.45, 7) is 0. The van der Waals surface area contributed by atoms with Crippen LogP contribution in [0.25, 0.3) is 10.9 Å². The predicted octanol–water partition coefficient (Wildman–Crippen LogP) is 3.78. The molecule has 0 bridgehead atoms. The molecule has 90 valence electrons. The van der Waals surface area contributed by atoms with Crippen molar-refractivity contribution >= 4 is 38.4 Å². The van der Waals surface area contributed by atoms with Gasteiger partial charge in [-0.05, 0) is 51.6 Å². The molecule has 1 amide bonds. The van der Waals surface area contributed by atoms with Gasteiger partial charge < -0.3 is 14.7 Å². The molecule has 4 nitrogen and oxygen atoms in total. The number of halogens is 1. The molecule has 0 unspecified atom stereocenters. The average Bonchev–Trinajstić information content (AvgIpc) is 2.96. The molecule has 0 atom stereocenters. The number of carbonyl (C=O) groups is 1. The molecule has 2 heterocycles. The molecule has 0 radical (unpaired) electrons. The minimum absolute atomic E-state index is 0.272. The molecule has 0 aliphatic rings. The quantitative estimate of drug-likeness (QED) is 0.757. The van der Waals surface area contributed by atoms with E-state index in [2.05, 4.69) is 26.2 Å². The molecule has 18 heavy (non-hydrogen) atoms. The number of H-pyrrole nitrogens is 1. The zero-order valence-corrected chi connectivity index (χ0v) is 10.8. The first-order valence-corrected chi connectivity index (χ1v) is 6.15. The van der Waals surface area contributed by atoms with Gasteiger partial charge in [-0.3, -0.25) is 4.79 Å². The molecule has 0 spiro atoms. The lowest BCUT2D eigenvalue weighted by atomic mass is 10.2. The van der Waals surface area contributed by atoms with E-state index in [0.717, 1.165) is 16.6 Å². The number of amides is 1. The average molecular weight is 305 g/mol. The minimum Gasteiger partial charge on any atom is -0.444 e.